The molecular formula is C32H49IN4O9. The normalized spacial score (nSPS) is 12.0. The maximum absolute atomic E-state index is 12.2. The Balaban J connectivity index is 2.04. The van der Waals surface area contributed by atoms with Crippen LogP contribution >= 0.6 is 22.6 Å². The van der Waals surface area contributed by atoms with E-state index >= 15 is 0 Å². The molecule has 0 saturated carbocycles. The van der Waals surface area contributed by atoms with Crippen molar-refractivity contribution in [3.8, 4) is 0 Å². The molecule has 258 valence electrons. The Hall–Kier alpha value is -3.43. The summed E-state index contributed by atoms with van der Waals surface area (Å²) in [5.41, 5.74) is 0.567. The number of nitrogens with one attached hydrogen (secondary N) is 4. The first-order valence-electron chi connectivity index (χ1n) is 16.0. The molecule has 0 aliphatic carbocycles. The molecule has 1 aromatic carbocycles. The van der Waals surface area contributed by atoms with Crippen molar-refractivity contribution in [3.63, 3.8) is 0 Å². The average Bonchev–Trinajstić information content (AvgIpc) is 3.01. The van der Waals surface area contributed by atoms with Gasteiger partial charge in [0, 0.05) is 35.1 Å². The summed E-state index contributed by atoms with van der Waals surface area (Å²) in [5.74, 6) is -2.73. The molecule has 14 heteroatoms. The second-order valence-corrected chi connectivity index (χ2v) is 12.2. The molecule has 46 heavy (non-hydrogen) atoms. The van der Waals surface area contributed by atoms with E-state index in [9.17, 15) is 33.9 Å². The minimum Gasteiger partial charge on any atom is -0.480 e. The van der Waals surface area contributed by atoms with Crippen LogP contribution in [0, 0.1) is 3.57 Å². The first-order chi connectivity index (χ1) is 22.0. The zero-order chi connectivity index (χ0) is 34.2. The maximum Gasteiger partial charge on any atom is 0.407 e. The van der Waals surface area contributed by atoms with Gasteiger partial charge in [-0.15, -0.1) is 0 Å². The molecule has 0 bridgehead atoms. The van der Waals surface area contributed by atoms with Gasteiger partial charge in [-0.25, -0.2) is 14.4 Å². The lowest BCUT2D eigenvalue weighted by Crippen LogP contribution is -2.41. The van der Waals surface area contributed by atoms with E-state index in [1.807, 2.05) is 19.1 Å². The summed E-state index contributed by atoms with van der Waals surface area (Å²) in [4.78, 5) is 70.7. The first kappa shape index (κ1) is 40.6. The molecule has 1 rings (SSSR count). The lowest BCUT2D eigenvalue weighted by molar-refractivity contribution is -0.142. The molecule has 0 radical (unpaired) electrons. The third kappa shape index (κ3) is 19.9. The standard InChI is InChI=1S/C32H49IN4O9/c1-2-12-25(30(41)42)37-32(45)46-22-11-5-9-20-34-27(38)14-6-3-4-7-15-28(39)36-26(31(43)44)13-8-10-21-35-29(40)23-16-18-24(33)19-17-23/h16-19,25-26H,2-15,20-22H2,1H3,(H,34,38)(H,35,40)(H,36,39)(H,37,45)(H,41,42)(H,43,44)/t25-,26?/m0/s1/i33+4. The number of carboxylic acid groups (broad SMARTS) is 2. The number of halogens is 1. The highest BCUT2D eigenvalue weighted by Crippen LogP contribution is 2.09. The first-order valence-corrected chi connectivity index (χ1v) is 17.1. The van der Waals surface area contributed by atoms with Gasteiger partial charge in [-0.3, -0.25) is 14.4 Å². The van der Waals surface area contributed by atoms with Crippen LogP contribution in [0.4, 0.5) is 4.79 Å². The van der Waals surface area contributed by atoms with E-state index in [0.29, 0.717) is 70.0 Å². The van der Waals surface area contributed by atoms with Crippen molar-refractivity contribution in [2.75, 3.05) is 19.7 Å². The van der Waals surface area contributed by atoms with Crippen LogP contribution in [0.1, 0.15) is 107 Å². The van der Waals surface area contributed by atoms with E-state index in [2.05, 4.69) is 43.9 Å². The number of rotatable bonds is 25. The minimum absolute atomic E-state index is 0.0530. The largest absolute Gasteiger partial charge is 0.480 e. The quantitative estimate of drug-likeness (QED) is 0.0618. The fourth-order valence-corrected chi connectivity index (χ4v) is 4.80. The minimum atomic E-state index is -1.09. The van der Waals surface area contributed by atoms with E-state index in [0.717, 1.165) is 29.3 Å². The molecule has 0 aromatic heterocycles. The van der Waals surface area contributed by atoms with Gasteiger partial charge in [-0.1, -0.05) is 26.2 Å². The monoisotopic (exact) mass is 764 g/mol. The van der Waals surface area contributed by atoms with Crippen LogP contribution in [-0.2, 0) is 23.9 Å². The summed E-state index contributed by atoms with van der Waals surface area (Å²) in [7, 11) is 0. The van der Waals surface area contributed by atoms with Crippen molar-refractivity contribution < 1.29 is 43.7 Å². The van der Waals surface area contributed by atoms with Crippen molar-refractivity contribution in [1.82, 2.24) is 21.3 Å². The zero-order valence-corrected chi connectivity index (χ0v) is 28.8. The molecule has 4 amide bonds. The van der Waals surface area contributed by atoms with Crippen LogP contribution in [0.25, 0.3) is 0 Å². The highest BCUT2D eigenvalue weighted by atomic mass is 131. The predicted octanol–water partition coefficient (Wildman–Crippen LogP) is 4.37. The van der Waals surface area contributed by atoms with E-state index in [1.54, 1.807) is 12.1 Å². The molecule has 1 unspecified atom stereocenters. The summed E-state index contributed by atoms with van der Waals surface area (Å²) in [6.45, 7) is 2.92. The fraction of sp³-hybridized carbons (Fsp3) is 0.625. The van der Waals surface area contributed by atoms with Gasteiger partial charge >= 0.3 is 18.0 Å². The summed E-state index contributed by atoms with van der Waals surface area (Å²) >= 11 is 2.16. The van der Waals surface area contributed by atoms with E-state index in [-0.39, 0.29) is 37.2 Å². The number of benzene rings is 1. The zero-order valence-electron chi connectivity index (χ0n) is 26.6. The molecule has 1 aromatic rings. The number of amides is 4. The highest BCUT2D eigenvalue weighted by molar-refractivity contribution is 14.1. The van der Waals surface area contributed by atoms with Gasteiger partial charge in [-0.2, -0.15) is 0 Å². The average molecular weight is 765 g/mol. The van der Waals surface area contributed by atoms with Crippen LogP contribution in [-0.4, -0.2) is 77.7 Å². The summed E-state index contributed by atoms with van der Waals surface area (Å²) < 4.78 is 6.04. The molecule has 0 spiro atoms. The van der Waals surface area contributed by atoms with Crippen molar-refractivity contribution in [2.24, 2.45) is 0 Å². The lowest BCUT2D eigenvalue weighted by atomic mass is 10.1. The Labute approximate surface area is 284 Å². The van der Waals surface area contributed by atoms with Crippen molar-refractivity contribution in [3.05, 3.63) is 33.4 Å². The number of unbranched alkanes of at least 4 members (excludes halogenated alkanes) is 6. The molecule has 0 aliphatic heterocycles. The van der Waals surface area contributed by atoms with Gasteiger partial charge < -0.3 is 36.2 Å². The van der Waals surface area contributed by atoms with E-state index < -0.39 is 30.1 Å². The number of ether oxygens (including phenoxy) is 1. The highest BCUT2D eigenvalue weighted by Gasteiger charge is 2.20. The van der Waals surface area contributed by atoms with Crippen LogP contribution < -0.4 is 21.3 Å². The van der Waals surface area contributed by atoms with Gasteiger partial charge in [0.25, 0.3) is 5.91 Å². The molecule has 6 N–H and O–H groups in total. The SMILES string of the molecule is CCC[C@H](NC(=O)OCCCCCNC(=O)CCCCCCC(=O)NC(CCCCNC(=O)c1ccc([131I])cc1)C(=O)O)C(=O)O. The van der Waals surface area contributed by atoms with Crippen molar-refractivity contribution in [2.45, 2.75) is 109 Å². The van der Waals surface area contributed by atoms with Crippen LogP contribution in [0.15, 0.2) is 24.3 Å². The molecule has 2 atom stereocenters. The number of carbonyl (C=O) groups excluding carboxylic acids is 4. The number of carbonyl (C=O) groups is 6. The Morgan fingerprint density at radius 2 is 1.26 bits per heavy atom. The van der Waals surface area contributed by atoms with Crippen molar-refractivity contribution in [1.29, 1.82) is 0 Å². The molecule has 0 fully saturated rings. The smallest absolute Gasteiger partial charge is 0.407 e. The summed E-state index contributed by atoms with van der Waals surface area (Å²) in [5, 5.41) is 29.1. The van der Waals surface area contributed by atoms with Gasteiger partial charge in [0.15, 0.2) is 0 Å². The van der Waals surface area contributed by atoms with Crippen LogP contribution in [0.3, 0.4) is 0 Å². The predicted molar refractivity (Wildman–Crippen MR) is 180 cm³/mol. The second kappa shape index (κ2) is 24.8. The van der Waals surface area contributed by atoms with E-state index in [4.69, 9.17) is 9.84 Å². The van der Waals surface area contributed by atoms with Gasteiger partial charge in [0.2, 0.25) is 11.8 Å². The van der Waals surface area contributed by atoms with Crippen LogP contribution in [0.2, 0.25) is 0 Å². The second-order valence-electron chi connectivity index (χ2n) is 11.0. The van der Waals surface area contributed by atoms with Gasteiger partial charge in [0.1, 0.15) is 12.1 Å². The summed E-state index contributed by atoms with van der Waals surface area (Å²) in [6.07, 6.45) is 7.07. The number of alkyl carbamates (subject to hydrolysis) is 1. The Morgan fingerprint density at radius 3 is 1.89 bits per heavy atom. The Kier molecular flexibility index (Phi) is 21.8. The van der Waals surface area contributed by atoms with Crippen LogP contribution in [0.5, 0.6) is 0 Å². The Bertz CT molecular complexity index is 1100. The molecule has 0 heterocycles. The molecule has 0 aliphatic rings. The third-order valence-electron chi connectivity index (χ3n) is 7.05. The number of hydrogen-bond donors (Lipinski definition) is 6. The molecule has 0 saturated heterocycles. The lowest BCUT2D eigenvalue weighted by Gasteiger charge is -2.14. The maximum atomic E-state index is 12.2. The number of aliphatic carboxylic acids is 2. The van der Waals surface area contributed by atoms with Crippen molar-refractivity contribution >= 4 is 58.3 Å². The third-order valence-corrected chi connectivity index (χ3v) is 7.77. The molecule has 13 nitrogen and oxygen atoms in total. The van der Waals surface area contributed by atoms with Gasteiger partial charge in [0.05, 0.1) is 6.61 Å². The Morgan fingerprint density at radius 1 is 0.696 bits per heavy atom. The number of carboxylic acids is 2. The number of hydrogen-bond acceptors (Lipinski definition) is 7. The fourth-order valence-electron chi connectivity index (χ4n) is 4.44. The van der Waals surface area contributed by atoms with Gasteiger partial charge in [-0.05, 0) is 105 Å². The van der Waals surface area contributed by atoms with E-state index in [1.165, 1.54) is 0 Å². The summed E-state index contributed by atoms with van der Waals surface area (Å²) in [6, 6.07) is 5.27. The molecular weight excluding hydrogens is 715 g/mol. The topological polar surface area (TPSA) is 200 Å².